The molecule has 0 radical (unpaired) electrons. The van der Waals surface area contributed by atoms with E-state index in [1.165, 1.54) is 19.4 Å². The van der Waals surface area contributed by atoms with Crippen molar-refractivity contribution in [3.05, 3.63) is 42.1 Å². The number of aromatic nitrogens is 1. The zero-order valence-corrected chi connectivity index (χ0v) is 17.4. The van der Waals surface area contributed by atoms with Gasteiger partial charge in [-0.25, -0.2) is 22.2 Å². The molecule has 2 aromatic rings. The zero-order chi connectivity index (χ0) is 21.6. The van der Waals surface area contributed by atoms with Crippen molar-refractivity contribution in [3.8, 4) is 5.88 Å². The van der Waals surface area contributed by atoms with Crippen molar-refractivity contribution in [2.75, 3.05) is 11.8 Å². The molecule has 1 fully saturated rings. The van der Waals surface area contributed by atoms with Gasteiger partial charge in [-0.05, 0) is 45.9 Å². The molecule has 2 heterocycles. The van der Waals surface area contributed by atoms with Gasteiger partial charge in [-0.3, -0.25) is 4.72 Å². The number of nitrogens with one attached hydrogen (secondary N) is 1. The molecule has 0 spiro atoms. The Morgan fingerprint density at radius 3 is 2.10 bits per heavy atom. The van der Waals surface area contributed by atoms with E-state index in [0.29, 0.717) is 23.7 Å². The smallest absolute Gasteiger partial charge is 0.480 e. The highest BCUT2D eigenvalue weighted by atomic mass is 32.2. The van der Waals surface area contributed by atoms with Gasteiger partial charge in [-0.15, -0.1) is 0 Å². The fourth-order valence-electron chi connectivity index (χ4n) is 2.70. The molecule has 1 aliphatic rings. The van der Waals surface area contributed by atoms with Gasteiger partial charge in [0, 0.05) is 17.7 Å². The Labute approximate surface area is 168 Å². The van der Waals surface area contributed by atoms with E-state index in [1.807, 2.05) is 27.7 Å². The van der Waals surface area contributed by atoms with Gasteiger partial charge in [-0.1, -0.05) is 0 Å². The maximum Gasteiger partial charge on any atom is 0.496 e. The molecule has 1 aromatic heterocycles. The average Bonchev–Trinajstić information content (AvgIpc) is 2.81. The Balaban J connectivity index is 1.96. The van der Waals surface area contributed by atoms with E-state index in [9.17, 15) is 17.2 Å². The fraction of sp³-hybridized carbons (Fsp3) is 0.389. The molecule has 0 atom stereocenters. The lowest BCUT2D eigenvalue weighted by Crippen LogP contribution is -2.41. The van der Waals surface area contributed by atoms with Crippen LogP contribution in [0.15, 0.2) is 35.4 Å². The van der Waals surface area contributed by atoms with Gasteiger partial charge < -0.3 is 14.0 Å². The zero-order valence-electron chi connectivity index (χ0n) is 16.6. The lowest BCUT2D eigenvalue weighted by atomic mass is 9.80. The Bertz CT molecular complexity index is 1010. The number of ether oxygens (including phenoxy) is 1. The van der Waals surface area contributed by atoms with Gasteiger partial charge in [0.15, 0.2) is 0 Å². The molecule has 0 unspecified atom stereocenters. The first-order valence-corrected chi connectivity index (χ1v) is 10.2. The normalized spacial score (nSPS) is 18.0. The maximum atomic E-state index is 13.5. The molecular formula is C18H21BF2N2O5S. The van der Waals surface area contributed by atoms with Crippen LogP contribution in [0.1, 0.15) is 27.7 Å². The number of methoxy groups -OCH3 is 1. The summed E-state index contributed by atoms with van der Waals surface area (Å²) < 4.78 is 71.4. The summed E-state index contributed by atoms with van der Waals surface area (Å²) in [5, 5.41) is 0. The van der Waals surface area contributed by atoms with Crippen LogP contribution >= 0.6 is 0 Å². The van der Waals surface area contributed by atoms with E-state index in [0.717, 1.165) is 0 Å². The first kappa shape index (κ1) is 21.5. The van der Waals surface area contributed by atoms with E-state index in [1.54, 1.807) is 0 Å². The van der Waals surface area contributed by atoms with Crippen LogP contribution in [0, 0.1) is 11.6 Å². The second-order valence-electron chi connectivity index (χ2n) is 7.62. The summed E-state index contributed by atoms with van der Waals surface area (Å²) in [6.45, 7) is 7.52. The highest BCUT2D eigenvalue weighted by molar-refractivity contribution is 7.92. The number of benzene rings is 1. The number of rotatable bonds is 5. The number of halogens is 2. The molecular weight excluding hydrogens is 405 g/mol. The van der Waals surface area contributed by atoms with E-state index >= 15 is 0 Å². The lowest BCUT2D eigenvalue weighted by Gasteiger charge is -2.32. The van der Waals surface area contributed by atoms with Gasteiger partial charge >= 0.3 is 7.12 Å². The molecule has 0 amide bonds. The Kier molecular flexibility index (Phi) is 5.35. The minimum absolute atomic E-state index is 0.0225. The van der Waals surface area contributed by atoms with Crippen LogP contribution in [0.3, 0.4) is 0 Å². The van der Waals surface area contributed by atoms with Crippen LogP contribution in [0.5, 0.6) is 5.88 Å². The number of anilines is 1. The Morgan fingerprint density at radius 1 is 1.03 bits per heavy atom. The largest absolute Gasteiger partial charge is 0.496 e. The quantitative estimate of drug-likeness (QED) is 0.740. The molecule has 29 heavy (non-hydrogen) atoms. The third-order valence-corrected chi connectivity index (χ3v) is 6.33. The predicted molar refractivity (Wildman–Crippen MR) is 104 cm³/mol. The Hall–Kier alpha value is -2.24. The van der Waals surface area contributed by atoms with Crippen molar-refractivity contribution in [1.82, 2.24) is 4.98 Å². The third-order valence-electron chi connectivity index (χ3n) is 4.98. The predicted octanol–water partition coefficient (Wildman–Crippen LogP) is 2.47. The van der Waals surface area contributed by atoms with Gasteiger partial charge in [-0.2, -0.15) is 0 Å². The van der Waals surface area contributed by atoms with Crippen LogP contribution in [0.4, 0.5) is 14.5 Å². The van der Waals surface area contributed by atoms with Crippen LogP contribution in [0.2, 0.25) is 0 Å². The van der Waals surface area contributed by atoms with Gasteiger partial charge in [0.05, 0.1) is 23.2 Å². The molecule has 1 aliphatic heterocycles. The number of hydrogen-bond donors (Lipinski definition) is 1. The molecule has 3 rings (SSSR count). The van der Waals surface area contributed by atoms with Crippen molar-refractivity contribution < 1.29 is 31.2 Å². The molecule has 156 valence electrons. The van der Waals surface area contributed by atoms with E-state index < -0.39 is 44.9 Å². The number of nitrogens with zero attached hydrogens (tertiary/aromatic N) is 1. The summed E-state index contributed by atoms with van der Waals surface area (Å²) in [6.07, 6.45) is 1.45. The Morgan fingerprint density at radius 2 is 1.59 bits per heavy atom. The van der Waals surface area contributed by atoms with Crippen molar-refractivity contribution in [3.63, 3.8) is 0 Å². The standard InChI is InChI=1S/C18H21BF2N2O5S/c1-17(2)18(3,4)28-19(27-17)11-6-15(16(26-5)22-10-11)23-29(24,25)14-8-12(20)7-13(21)9-14/h6-10,23H,1-5H3. The monoisotopic (exact) mass is 426 g/mol. The third kappa shape index (κ3) is 4.21. The van der Waals surface area contributed by atoms with Gasteiger partial charge in [0.2, 0.25) is 5.88 Å². The number of hydrogen-bond acceptors (Lipinski definition) is 6. The second-order valence-corrected chi connectivity index (χ2v) is 9.31. The highest BCUT2D eigenvalue weighted by Crippen LogP contribution is 2.37. The highest BCUT2D eigenvalue weighted by Gasteiger charge is 2.52. The first-order valence-electron chi connectivity index (χ1n) is 8.73. The molecule has 0 saturated carbocycles. The average molecular weight is 426 g/mol. The maximum absolute atomic E-state index is 13.5. The number of sulfonamides is 1. The minimum atomic E-state index is -4.31. The second kappa shape index (κ2) is 7.23. The molecule has 1 N–H and O–H groups in total. The summed E-state index contributed by atoms with van der Waals surface area (Å²) in [5.74, 6) is -2.05. The van der Waals surface area contributed by atoms with E-state index in [-0.39, 0.29) is 11.6 Å². The summed E-state index contributed by atoms with van der Waals surface area (Å²) in [6, 6.07) is 3.45. The van der Waals surface area contributed by atoms with Crippen LogP contribution in [0.25, 0.3) is 0 Å². The van der Waals surface area contributed by atoms with E-state index in [4.69, 9.17) is 14.0 Å². The number of pyridine rings is 1. The summed E-state index contributed by atoms with van der Waals surface area (Å²) >= 11 is 0. The van der Waals surface area contributed by atoms with Crippen molar-refractivity contribution >= 4 is 28.3 Å². The van der Waals surface area contributed by atoms with Crippen LogP contribution < -0.4 is 14.9 Å². The van der Waals surface area contributed by atoms with Gasteiger partial charge in [0.1, 0.15) is 17.3 Å². The van der Waals surface area contributed by atoms with E-state index in [2.05, 4.69) is 9.71 Å². The fourth-order valence-corrected chi connectivity index (χ4v) is 3.79. The lowest BCUT2D eigenvalue weighted by molar-refractivity contribution is 0.00578. The summed E-state index contributed by atoms with van der Waals surface area (Å²) in [7, 11) is -3.78. The molecule has 7 nitrogen and oxygen atoms in total. The van der Waals surface area contributed by atoms with Crippen molar-refractivity contribution in [2.24, 2.45) is 0 Å². The molecule has 1 saturated heterocycles. The SMILES string of the molecule is COc1ncc(B2OC(C)(C)C(C)(C)O2)cc1NS(=O)(=O)c1cc(F)cc(F)c1. The van der Waals surface area contributed by atoms with Crippen LogP contribution in [-0.4, -0.2) is 38.8 Å². The molecule has 11 heteroatoms. The van der Waals surface area contributed by atoms with Crippen molar-refractivity contribution in [2.45, 2.75) is 43.8 Å². The van der Waals surface area contributed by atoms with Crippen molar-refractivity contribution in [1.29, 1.82) is 0 Å². The molecule has 1 aromatic carbocycles. The summed E-state index contributed by atoms with van der Waals surface area (Å²) in [4.78, 5) is 3.52. The minimum Gasteiger partial charge on any atom is -0.480 e. The first-order chi connectivity index (χ1) is 13.3. The van der Waals surface area contributed by atoms with Gasteiger partial charge in [0.25, 0.3) is 10.0 Å². The topological polar surface area (TPSA) is 86.8 Å². The summed E-state index contributed by atoms with van der Waals surface area (Å²) in [5.41, 5.74) is -0.774. The molecule has 0 aliphatic carbocycles. The van der Waals surface area contributed by atoms with Crippen LogP contribution in [-0.2, 0) is 19.3 Å². The molecule has 0 bridgehead atoms.